The van der Waals surface area contributed by atoms with Crippen molar-refractivity contribution in [3.8, 4) is 0 Å². The summed E-state index contributed by atoms with van der Waals surface area (Å²) in [5.74, 6) is -0.928. The molecule has 1 aromatic carbocycles. The van der Waals surface area contributed by atoms with Gasteiger partial charge in [-0.1, -0.05) is 48.9 Å². The van der Waals surface area contributed by atoms with Crippen molar-refractivity contribution in [3.05, 3.63) is 40.9 Å². The summed E-state index contributed by atoms with van der Waals surface area (Å²) in [6, 6.07) is 8.77. The van der Waals surface area contributed by atoms with Gasteiger partial charge in [-0.2, -0.15) is 0 Å². The first-order chi connectivity index (χ1) is 8.51. The number of carbonyl (C=O) groups is 2. The van der Waals surface area contributed by atoms with Crippen molar-refractivity contribution in [3.63, 3.8) is 0 Å². The summed E-state index contributed by atoms with van der Waals surface area (Å²) in [5.41, 5.74) is 5.95. The van der Waals surface area contributed by atoms with Crippen LogP contribution in [0, 0.1) is 0 Å². The number of benzene rings is 1. The number of carbonyl (C=O) groups excluding carboxylic acids is 1. The minimum atomic E-state index is -0.928. The monoisotopic (exact) mass is 269 g/mol. The molecule has 1 unspecified atom stereocenters. The molecule has 1 aromatic rings. The van der Waals surface area contributed by atoms with Crippen molar-refractivity contribution in [2.45, 2.75) is 19.4 Å². The van der Waals surface area contributed by atoms with Gasteiger partial charge in [0.15, 0.2) is 6.29 Å². The van der Waals surface area contributed by atoms with Crippen molar-refractivity contribution < 1.29 is 14.7 Å². The molecule has 0 aliphatic heterocycles. The lowest BCUT2D eigenvalue weighted by molar-refractivity contribution is -0.138. The predicted octanol–water partition coefficient (Wildman–Crippen LogP) is 2.27. The highest BCUT2D eigenvalue weighted by Gasteiger charge is 2.05. The van der Waals surface area contributed by atoms with Gasteiger partial charge in [0.1, 0.15) is 6.04 Å². The highest BCUT2D eigenvalue weighted by atomic mass is 35.5. The number of hydrogen-bond donors (Lipinski definition) is 2. The van der Waals surface area contributed by atoms with E-state index in [4.69, 9.17) is 22.4 Å². The van der Waals surface area contributed by atoms with Crippen LogP contribution >= 0.6 is 11.6 Å². The Morgan fingerprint density at radius 2 is 2.00 bits per heavy atom. The van der Waals surface area contributed by atoms with Crippen LogP contribution in [0.25, 0.3) is 6.08 Å². The quantitative estimate of drug-likeness (QED) is 0.649. The van der Waals surface area contributed by atoms with E-state index in [9.17, 15) is 9.59 Å². The second-order valence-corrected chi connectivity index (χ2v) is 3.85. The second-order valence-electron chi connectivity index (χ2n) is 3.41. The number of aldehydes is 1. The van der Waals surface area contributed by atoms with Gasteiger partial charge >= 0.3 is 5.97 Å². The molecule has 0 aliphatic rings. The Hall–Kier alpha value is -1.65. The van der Waals surface area contributed by atoms with E-state index in [1.54, 1.807) is 13.0 Å². The largest absolute Gasteiger partial charge is 0.480 e. The molecule has 0 fully saturated rings. The number of aliphatic carboxylic acids is 1. The summed E-state index contributed by atoms with van der Waals surface area (Å²) in [6.07, 6.45) is 2.73. The zero-order chi connectivity index (χ0) is 14.0. The average Bonchev–Trinajstić information content (AvgIpc) is 2.39. The summed E-state index contributed by atoms with van der Waals surface area (Å²) in [6.45, 7) is 1.73. The molecule has 98 valence electrons. The zero-order valence-electron chi connectivity index (χ0n) is 10.0. The number of allylic oxidation sites excluding steroid dienone is 1. The number of halogens is 1. The molecule has 4 nitrogen and oxygen atoms in total. The van der Waals surface area contributed by atoms with E-state index in [1.165, 1.54) is 0 Å². The molecule has 5 heteroatoms. The maximum atomic E-state index is 10.1. The van der Waals surface area contributed by atoms with E-state index in [0.29, 0.717) is 12.7 Å². The smallest absolute Gasteiger partial charge is 0.320 e. The molecule has 0 aromatic heterocycles. The van der Waals surface area contributed by atoms with Crippen LogP contribution in [0.15, 0.2) is 35.4 Å². The normalized spacial score (nSPS) is 12.1. The Bertz CT molecular complexity index is 404. The van der Waals surface area contributed by atoms with Crippen molar-refractivity contribution in [1.29, 1.82) is 0 Å². The molecule has 18 heavy (non-hydrogen) atoms. The number of rotatable bonds is 4. The summed E-state index contributed by atoms with van der Waals surface area (Å²) in [4.78, 5) is 19.9. The van der Waals surface area contributed by atoms with Gasteiger partial charge in [-0.15, -0.1) is 0 Å². The fraction of sp³-hybridized carbons (Fsp3) is 0.231. The Labute approximate surface area is 111 Å². The van der Waals surface area contributed by atoms with Gasteiger partial charge in [0.05, 0.1) is 5.03 Å². The fourth-order valence-electron chi connectivity index (χ4n) is 0.917. The van der Waals surface area contributed by atoms with Crippen molar-refractivity contribution >= 4 is 29.9 Å². The molecular weight excluding hydrogens is 254 g/mol. The predicted molar refractivity (Wildman–Crippen MR) is 72.2 cm³/mol. The second kappa shape index (κ2) is 9.39. The van der Waals surface area contributed by atoms with Gasteiger partial charge in [0.2, 0.25) is 0 Å². The van der Waals surface area contributed by atoms with Gasteiger partial charge in [0, 0.05) is 0 Å². The average molecular weight is 270 g/mol. The van der Waals surface area contributed by atoms with Crippen LogP contribution in [0.4, 0.5) is 0 Å². The summed E-state index contributed by atoms with van der Waals surface area (Å²) in [5, 5.41) is 8.28. The van der Waals surface area contributed by atoms with E-state index in [1.807, 2.05) is 30.3 Å². The first-order valence-electron chi connectivity index (χ1n) is 5.37. The van der Waals surface area contributed by atoms with Crippen LogP contribution in [-0.4, -0.2) is 23.4 Å². The van der Waals surface area contributed by atoms with Crippen molar-refractivity contribution in [1.82, 2.24) is 0 Å². The van der Waals surface area contributed by atoms with Crippen LogP contribution in [-0.2, 0) is 9.59 Å². The highest BCUT2D eigenvalue weighted by Crippen LogP contribution is 2.06. The third-order valence-corrected chi connectivity index (χ3v) is 2.17. The van der Waals surface area contributed by atoms with Crippen LogP contribution in [0.5, 0.6) is 0 Å². The Balaban J connectivity index is 0.000000360. The SMILES string of the molecule is CCC(N)C(=O)O.O=CC(Cl)=Cc1ccccc1. The molecule has 0 bridgehead atoms. The molecular formula is C13H16ClNO3. The molecule has 0 aliphatic carbocycles. The molecule has 0 amide bonds. The van der Waals surface area contributed by atoms with Crippen molar-refractivity contribution in [2.24, 2.45) is 5.73 Å². The molecule has 3 N–H and O–H groups in total. The summed E-state index contributed by atoms with van der Waals surface area (Å²) < 4.78 is 0. The van der Waals surface area contributed by atoms with E-state index in [-0.39, 0.29) is 5.03 Å². The molecule has 0 radical (unpaired) electrons. The van der Waals surface area contributed by atoms with E-state index in [0.717, 1.165) is 5.56 Å². The Kier molecular flexibility index (Phi) is 8.53. The molecule has 0 saturated carbocycles. The van der Waals surface area contributed by atoms with E-state index >= 15 is 0 Å². The molecule has 0 spiro atoms. The lowest BCUT2D eigenvalue weighted by Gasteiger charge is -1.97. The van der Waals surface area contributed by atoms with Gasteiger partial charge in [-0.25, -0.2) is 0 Å². The lowest BCUT2D eigenvalue weighted by Crippen LogP contribution is -2.28. The van der Waals surface area contributed by atoms with E-state index in [2.05, 4.69) is 0 Å². The molecule has 1 rings (SSSR count). The van der Waals surface area contributed by atoms with Gasteiger partial charge in [-0.05, 0) is 18.1 Å². The number of hydrogen-bond acceptors (Lipinski definition) is 3. The third kappa shape index (κ3) is 7.60. The third-order valence-electron chi connectivity index (χ3n) is 1.97. The lowest BCUT2D eigenvalue weighted by atomic mass is 10.2. The number of carboxylic acid groups (broad SMARTS) is 1. The zero-order valence-corrected chi connectivity index (χ0v) is 10.8. The van der Waals surface area contributed by atoms with Gasteiger partial charge < -0.3 is 10.8 Å². The maximum Gasteiger partial charge on any atom is 0.320 e. The molecule has 0 heterocycles. The first kappa shape index (κ1) is 16.4. The Morgan fingerprint density at radius 3 is 2.33 bits per heavy atom. The summed E-state index contributed by atoms with van der Waals surface area (Å²) >= 11 is 5.49. The van der Waals surface area contributed by atoms with Crippen LogP contribution < -0.4 is 5.73 Å². The van der Waals surface area contributed by atoms with Crippen molar-refractivity contribution in [2.75, 3.05) is 0 Å². The van der Waals surface area contributed by atoms with E-state index < -0.39 is 12.0 Å². The van der Waals surface area contributed by atoms with Crippen LogP contribution in [0.3, 0.4) is 0 Å². The number of carboxylic acids is 1. The van der Waals surface area contributed by atoms with Gasteiger partial charge in [-0.3, -0.25) is 9.59 Å². The standard InChI is InChI=1S/C9H7ClO.C4H9NO2/c10-9(7-11)6-8-4-2-1-3-5-8;1-2-3(5)4(6)7/h1-7H;3H,2,5H2,1H3,(H,6,7). The van der Waals surface area contributed by atoms with Crippen LogP contribution in [0.1, 0.15) is 18.9 Å². The molecule has 1 atom stereocenters. The van der Waals surface area contributed by atoms with Gasteiger partial charge in [0.25, 0.3) is 0 Å². The fourth-order valence-corrected chi connectivity index (χ4v) is 1.04. The topological polar surface area (TPSA) is 80.4 Å². The molecule has 0 saturated heterocycles. The highest BCUT2D eigenvalue weighted by molar-refractivity contribution is 6.40. The minimum Gasteiger partial charge on any atom is -0.480 e. The number of nitrogens with two attached hydrogens (primary N) is 1. The minimum absolute atomic E-state index is 0.219. The van der Waals surface area contributed by atoms with Crippen LogP contribution in [0.2, 0.25) is 0 Å². The Morgan fingerprint density at radius 1 is 1.44 bits per heavy atom. The summed E-state index contributed by atoms with van der Waals surface area (Å²) in [7, 11) is 0. The first-order valence-corrected chi connectivity index (χ1v) is 5.74. The maximum absolute atomic E-state index is 10.1.